The number of pyridine rings is 2. The second kappa shape index (κ2) is 21.3. The van der Waals surface area contributed by atoms with Crippen LogP contribution in [-0.4, -0.2) is 32.2 Å². The number of rotatable bonds is 24. The fourth-order valence-corrected chi connectivity index (χ4v) is 8.06. The van der Waals surface area contributed by atoms with Gasteiger partial charge in [-0.2, -0.15) is 0 Å². The summed E-state index contributed by atoms with van der Waals surface area (Å²) in [7, 11) is 0. The van der Waals surface area contributed by atoms with Crippen LogP contribution in [0, 0.1) is 0 Å². The quantitative estimate of drug-likeness (QED) is 0.0611. The van der Waals surface area contributed by atoms with Gasteiger partial charge < -0.3 is 19.8 Å². The first-order valence-corrected chi connectivity index (χ1v) is 20.4. The van der Waals surface area contributed by atoms with E-state index in [4.69, 9.17) is 9.97 Å². The summed E-state index contributed by atoms with van der Waals surface area (Å²) < 4.78 is 5.09. The first kappa shape index (κ1) is 39.8. The molecule has 2 aromatic carbocycles. The topological polar surface area (TPSA) is 59.7 Å². The third-order valence-electron chi connectivity index (χ3n) is 10.8. The molecule has 0 atom stereocenters. The van der Waals surface area contributed by atoms with Crippen molar-refractivity contribution in [1.29, 1.82) is 0 Å². The van der Waals surface area contributed by atoms with Gasteiger partial charge in [-0.3, -0.25) is 9.97 Å². The molecule has 7 heteroatoms. The van der Waals surface area contributed by atoms with Gasteiger partial charge in [-0.05, 0) is 63.0 Å². The minimum absolute atomic E-state index is 0. The van der Waals surface area contributed by atoms with E-state index in [0.29, 0.717) is 0 Å². The fourth-order valence-electron chi connectivity index (χ4n) is 8.06. The van der Waals surface area contributed by atoms with Crippen molar-refractivity contribution in [1.82, 2.24) is 29.7 Å². The smallest absolute Gasteiger partial charge is 0.0784 e. The summed E-state index contributed by atoms with van der Waals surface area (Å²) in [5.74, 6) is 0. The largest absolute Gasteiger partial charge is 0.339 e. The predicted molar refractivity (Wildman–Crippen MR) is 226 cm³/mol. The van der Waals surface area contributed by atoms with E-state index in [1.165, 1.54) is 151 Å². The van der Waals surface area contributed by atoms with Crippen molar-refractivity contribution in [2.45, 2.75) is 136 Å². The molecule has 4 heterocycles. The minimum Gasteiger partial charge on any atom is -0.339 e. The molecule has 0 aliphatic carbocycles. The Morgan fingerprint density at radius 3 is 1.33 bits per heavy atom. The predicted octanol–water partition coefficient (Wildman–Crippen LogP) is 11.9. The second-order valence-corrected chi connectivity index (χ2v) is 14.6. The molecule has 6 rings (SSSR count). The monoisotopic (exact) mass is 722 g/mol. The molecule has 6 nitrogen and oxygen atoms in total. The van der Waals surface area contributed by atoms with Crippen molar-refractivity contribution in [2.75, 3.05) is 13.1 Å². The zero-order valence-electron chi connectivity index (χ0n) is 32.0. The van der Waals surface area contributed by atoms with Gasteiger partial charge in [0.2, 0.25) is 0 Å². The van der Waals surface area contributed by atoms with Gasteiger partial charge in [-0.15, -0.1) is 12.4 Å². The van der Waals surface area contributed by atoms with E-state index in [-0.39, 0.29) is 12.4 Å². The molecule has 0 aliphatic rings. The van der Waals surface area contributed by atoms with Crippen molar-refractivity contribution in [3.8, 4) is 0 Å². The number of aromatic nitrogens is 4. The number of hydrogen-bond acceptors (Lipinski definition) is 4. The van der Waals surface area contributed by atoms with Crippen molar-refractivity contribution in [2.24, 2.45) is 0 Å². The van der Waals surface area contributed by atoms with Crippen LogP contribution in [0.15, 0.2) is 73.1 Å². The summed E-state index contributed by atoms with van der Waals surface area (Å²) in [6.45, 7) is 10.3. The lowest BCUT2D eigenvalue weighted by atomic mass is 10.1. The molecular formula is C45H63ClN6. The van der Waals surface area contributed by atoms with Crippen LogP contribution < -0.4 is 10.6 Å². The van der Waals surface area contributed by atoms with E-state index in [9.17, 15) is 0 Å². The summed E-state index contributed by atoms with van der Waals surface area (Å²) in [5.41, 5.74) is 7.66. The Morgan fingerprint density at radius 2 is 0.865 bits per heavy atom. The van der Waals surface area contributed by atoms with Crippen molar-refractivity contribution < 1.29 is 0 Å². The van der Waals surface area contributed by atoms with Crippen LogP contribution in [0.1, 0.15) is 122 Å². The number of aryl methyl sites for hydroxylation is 2. The maximum absolute atomic E-state index is 4.89. The number of nitrogens with one attached hydrogen (secondary N) is 2. The number of para-hydroxylation sites is 2. The third-order valence-corrected chi connectivity index (χ3v) is 10.8. The van der Waals surface area contributed by atoms with E-state index in [2.05, 4.69) is 94.3 Å². The summed E-state index contributed by atoms with van der Waals surface area (Å²) >= 11 is 0. The molecule has 0 saturated carbocycles. The second-order valence-electron chi connectivity index (χ2n) is 14.6. The lowest BCUT2D eigenvalue weighted by Gasteiger charge is -2.12. The van der Waals surface area contributed by atoms with Crippen molar-refractivity contribution in [3.05, 3.63) is 84.4 Å². The molecule has 0 unspecified atom stereocenters. The van der Waals surface area contributed by atoms with Crippen LogP contribution in [-0.2, 0) is 26.2 Å². The standard InChI is InChI=1S/C45H62N6.ClH/c1-3-5-7-9-11-20-32-50-42-24-16-14-22-36(42)38-26-30-48-40(44(38)50)34-46-28-18-13-19-29-47-35-41-45-39(27-31-49-41)37-23-15-17-25-43(37)51(45)33-21-12-10-8-6-4-2;/h14-17,22-27,30-31,46-47H,3-13,18-21,28-29,32-35H2,1-2H3;1H. The molecule has 280 valence electrons. The molecule has 4 aromatic heterocycles. The molecular weight excluding hydrogens is 660 g/mol. The molecule has 0 bridgehead atoms. The van der Waals surface area contributed by atoms with E-state index >= 15 is 0 Å². The first-order valence-electron chi connectivity index (χ1n) is 20.4. The number of unbranched alkanes of at least 4 members (excludes halogenated alkanes) is 12. The highest BCUT2D eigenvalue weighted by Crippen LogP contribution is 2.32. The van der Waals surface area contributed by atoms with Crippen LogP contribution in [0.2, 0.25) is 0 Å². The number of nitrogens with zero attached hydrogens (tertiary/aromatic N) is 4. The Balaban J connectivity index is 0.00000523. The zero-order chi connectivity index (χ0) is 35.1. The van der Waals surface area contributed by atoms with Crippen LogP contribution in [0.5, 0.6) is 0 Å². The van der Waals surface area contributed by atoms with Gasteiger partial charge in [0.15, 0.2) is 0 Å². The minimum atomic E-state index is 0. The maximum atomic E-state index is 4.89. The van der Waals surface area contributed by atoms with Crippen molar-refractivity contribution >= 4 is 56.0 Å². The molecule has 0 saturated heterocycles. The lowest BCUT2D eigenvalue weighted by Crippen LogP contribution is -2.18. The van der Waals surface area contributed by atoms with Gasteiger partial charge >= 0.3 is 0 Å². The normalized spacial score (nSPS) is 11.7. The molecule has 0 fully saturated rings. The van der Waals surface area contributed by atoms with Crippen LogP contribution >= 0.6 is 12.4 Å². The van der Waals surface area contributed by atoms with Gasteiger partial charge in [-0.25, -0.2) is 0 Å². The SMILES string of the molecule is CCCCCCCCn1c2ccccc2c2ccnc(CNCCCCCNCc3nccc4c5ccccc5n(CCCCCCCC)c34)c21.Cl. The Morgan fingerprint density at radius 1 is 0.462 bits per heavy atom. The fraction of sp³-hybridized carbons (Fsp3) is 0.511. The highest BCUT2D eigenvalue weighted by atomic mass is 35.5. The van der Waals surface area contributed by atoms with Crippen LogP contribution in [0.3, 0.4) is 0 Å². The van der Waals surface area contributed by atoms with Gasteiger partial charge in [0.25, 0.3) is 0 Å². The average molecular weight is 723 g/mol. The highest BCUT2D eigenvalue weighted by Gasteiger charge is 2.16. The Labute approximate surface area is 318 Å². The van der Waals surface area contributed by atoms with E-state index in [0.717, 1.165) is 39.3 Å². The Bertz CT molecular complexity index is 1800. The number of fused-ring (bicyclic) bond motifs is 6. The maximum Gasteiger partial charge on any atom is 0.0784 e. The summed E-state index contributed by atoms with van der Waals surface area (Å²) in [4.78, 5) is 9.78. The molecule has 0 aliphatic heterocycles. The zero-order valence-corrected chi connectivity index (χ0v) is 32.8. The first-order chi connectivity index (χ1) is 25.3. The molecule has 52 heavy (non-hydrogen) atoms. The Kier molecular flexibility index (Phi) is 16.3. The molecule has 6 aromatic rings. The number of benzene rings is 2. The van der Waals surface area contributed by atoms with Gasteiger partial charge in [-0.1, -0.05) is 121 Å². The van der Waals surface area contributed by atoms with Crippen molar-refractivity contribution in [3.63, 3.8) is 0 Å². The average Bonchev–Trinajstić information content (AvgIpc) is 3.67. The van der Waals surface area contributed by atoms with E-state index in [1.807, 2.05) is 12.4 Å². The molecule has 0 amide bonds. The highest BCUT2D eigenvalue weighted by molar-refractivity contribution is 6.09. The van der Waals surface area contributed by atoms with Gasteiger partial charge in [0.1, 0.15) is 0 Å². The third kappa shape index (κ3) is 9.94. The van der Waals surface area contributed by atoms with Crippen LogP contribution in [0.25, 0.3) is 43.6 Å². The molecule has 0 spiro atoms. The molecule has 2 N–H and O–H groups in total. The Hall–Kier alpha value is -3.45. The van der Waals surface area contributed by atoms with Gasteiger partial charge in [0.05, 0.1) is 22.4 Å². The van der Waals surface area contributed by atoms with Crippen LogP contribution in [0.4, 0.5) is 0 Å². The van der Waals surface area contributed by atoms with Gasteiger partial charge in [0, 0.05) is 71.2 Å². The summed E-state index contributed by atoms with van der Waals surface area (Å²) in [6, 6.07) is 22.2. The van der Waals surface area contributed by atoms with E-state index in [1.54, 1.807) is 0 Å². The lowest BCUT2D eigenvalue weighted by molar-refractivity contribution is 0.561. The summed E-state index contributed by atoms with van der Waals surface area (Å²) in [5, 5.41) is 12.8. The number of hydrogen-bond donors (Lipinski definition) is 2. The summed E-state index contributed by atoms with van der Waals surface area (Å²) in [6.07, 6.45) is 23.3. The van der Waals surface area contributed by atoms with E-state index < -0.39 is 0 Å². The number of halogens is 1. The molecule has 0 radical (unpaired) electrons.